The molecule has 0 atom stereocenters. The van der Waals surface area contributed by atoms with Gasteiger partial charge in [-0.3, -0.25) is 9.36 Å². The van der Waals surface area contributed by atoms with E-state index in [0.29, 0.717) is 15.9 Å². The van der Waals surface area contributed by atoms with Crippen LogP contribution in [-0.4, -0.2) is 22.9 Å². The molecule has 0 amide bonds. The molecule has 1 heterocycles. The molecule has 0 aliphatic rings. The van der Waals surface area contributed by atoms with Gasteiger partial charge in [-0.25, -0.2) is 4.98 Å². The van der Waals surface area contributed by atoms with Gasteiger partial charge < -0.3 is 9.47 Å². The minimum atomic E-state index is -2.72. The topological polar surface area (TPSA) is 53.4 Å². The first kappa shape index (κ1) is 15.2. The lowest BCUT2D eigenvalue weighted by Gasteiger charge is -2.13. The van der Waals surface area contributed by atoms with Crippen LogP contribution in [0.5, 0.6) is 11.5 Å². The van der Waals surface area contributed by atoms with Crippen molar-refractivity contribution < 1.29 is 23.0 Å². The van der Waals surface area contributed by atoms with Crippen LogP contribution in [0.3, 0.4) is 0 Å². The summed E-state index contributed by atoms with van der Waals surface area (Å²) in [6.07, 6.45) is 2.93. The molecular formula is C13H11ClF2N2O3. The van der Waals surface area contributed by atoms with Gasteiger partial charge in [-0.05, 0) is 6.07 Å². The largest absolute Gasteiger partial charge is 0.493 e. The van der Waals surface area contributed by atoms with E-state index >= 15 is 0 Å². The predicted molar refractivity (Wildman–Crippen MR) is 71.2 cm³/mol. The number of aldehydes is 1. The minimum absolute atomic E-state index is 0.0267. The molecule has 0 N–H and O–H groups in total. The fourth-order valence-electron chi connectivity index (χ4n) is 1.75. The van der Waals surface area contributed by atoms with E-state index in [1.165, 1.54) is 25.4 Å². The summed E-state index contributed by atoms with van der Waals surface area (Å²) in [5, 5.41) is 0.301. The quantitative estimate of drug-likeness (QED) is 0.767. The standard InChI is InChI=1S/C13H11ClF2N2O3/c1-20-10-5-9(14)4-8(6-19)12(10)21-7-11-17-2-3-18(11)13(15)16/h2-6,13H,7H2,1H3. The molecule has 8 heteroatoms. The fourth-order valence-corrected chi connectivity index (χ4v) is 1.97. The number of benzene rings is 1. The maximum atomic E-state index is 12.7. The summed E-state index contributed by atoms with van der Waals surface area (Å²) in [7, 11) is 1.38. The smallest absolute Gasteiger partial charge is 0.320 e. The Morgan fingerprint density at radius 1 is 1.48 bits per heavy atom. The average molecular weight is 317 g/mol. The third-order valence-corrected chi connectivity index (χ3v) is 2.92. The van der Waals surface area contributed by atoms with Crippen LogP contribution in [0.15, 0.2) is 24.5 Å². The molecule has 2 aromatic rings. The van der Waals surface area contributed by atoms with Gasteiger partial charge in [-0.15, -0.1) is 0 Å². The molecule has 0 saturated heterocycles. The summed E-state index contributed by atoms with van der Waals surface area (Å²) in [5.74, 6) is 0.388. The Morgan fingerprint density at radius 2 is 2.24 bits per heavy atom. The van der Waals surface area contributed by atoms with Crippen molar-refractivity contribution in [3.05, 3.63) is 40.9 Å². The van der Waals surface area contributed by atoms with Crippen LogP contribution in [0.4, 0.5) is 8.78 Å². The minimum Gasteiger partial charge on any atom is -0.493 e. The molecule has 0 aliphatic carbocycles. The van der Waals surface area contributed by atoms with E-state index < -0.39 is 6.55 Å². The lowest BCUT2D eigenvalue weighted by molar-refractivity contribution is 0.0630. The average Bonchev–Trinajstić information content (AvgIpc) is 2.93. The van der Waals surface area contributed by atoms with E-state index in [1.807, 2.05) is 0 Å². The van der Waals surface area contributed by atoms with Crippen LogP contribution in [0.2, 0.25) is 5.02 Å². The van der Waals surface area contributed by atoms with Gasteiger partial charge in [-0.1, -0.05) is 11.6 Å². The number of hydrogen-bond acceptors (Lipinski definition) is 4. The zero-order valence-corrected chi connectivity index (χ0v) is 11.7. The summed E-state index contributed by atoms with van der Waals surface area (Å²) in [6, 6.07) is 2.86. The van der Waals surface area contributed by atoms with Crippen LogP contribution in [0.25, 0.3) is 0 Å². The summed E-state index contributed by atoms with van der Waals surface area (Å²) in [5.41, 5.74) is 0.162. The molecular weight excluding hydrogens is 306 g/mol. The number of carbonyl (C=O) groups excluding carboxylic acids is 1. The van der Waals surface area contributed by atoms with Crippen LogP contribution in [0.1, 0.15) is 22.7 Å². The Kier molecular flexibility index (Phi) is 4.74. The van der Waals surface area contributed by atoms with Crippen LogP contribution in [0, 0.1) is 0 Å². The second-order valence-corrected chi connectivity index (χ2v) is 4.40. The van der Waals surface area contributed by atoms with E-state index in [9.17, 15) is 13.6 Å². The number of alkyl halides is 2. The highest BCUT2D eigenvalue weighted by Gasteiger charge is 2.16. The number of halogens is 3. The van der Waals surface area contributed by atoms with E-state index in [4.69, 9.17) is 21.1 Å². The lowest BCUT2D eigenvalue weighted by Crippen LogP contribution is -2.08. The van der Waals surface area contributed by atoms with Gasteiger partial charge in [-0.2, -0.15) is 8.78 Å². The predicted octanol–water partition coefficient (Wildman–Crippen LogP) is 3.33. The summed E-state index contributed by atoms with van der Waals surface area (Å²) in [6.45, 7) is -2.96. The van der Waals surface area contributed by atoms with Gasteiger partial charge in [0.05, 0.1) is 12.7 Å². The van der Waals surface area contributed by atoms with E-state index in [2.05, 4.69) is 4.98 Å². The number of hydrogen-bond donors (Lipinski definition) is 0. The normalized spacial score (nSPS) is 10.7. The summed E-state index contributed by atoms with van der Waals surface area (Å²) >= 11 is 5.84. The SMILES string of the molecule is COc1cc(Cl)cc(C=O)c1OCc1nccn1C(F)F. The van der Waals surface area contributed by atoms with Gasteiger partial charge in [0.1, 0.15) is 6.61 Å². The zero-order valence-electron chi connectivity index (χ0n) is 10.9. The molecule has 0 saturated carbocycles. The number of nitrogens with zero attached hydrogens (tertiary/aromatic N) is 2. The van der Waals surface area contributed by atoms with Gasteiger partial charge >= 0.3 is 6.55 Å². The monoisotopic (exact) mass is 316 g/mol. The molecule has 0 fully saturated rings. The van der Waals surface area contributed by atoms with Crippen molar-refractivity contribution in [3.8, 4) is 11.5 Å². The van der Waals surface area contributed by atoms with Crippen molar-refractivity contribution in [1.29, 1.82) is 0 Å². The summed E-state index contributed by atoms with van der Waals surface area (Å²) < 4.78 is 36.6. The van der Waals surface area contributed by atoms with Gasteiger partial charge in [0.2, 0.25) is 0 Å². The number of aromatic nitrogens is 2. The molecule has 1 aromatic heterocycles. The highest BCUT2D eigenvalue weighted by Crippen LogP contribution is 2.34. The first-order chi connectivity index (χ1) is 10.1. The molecule has 0 bridgehead atoms. The van der Waals surface area contributed by atoms with Crippen LogP contribution in [-0.2, 0) is 6.61 Å². The molecule has 112 valence electrons. The van der Waals surface area contributed by atoms with Crippen LogP contribution >= 0.6 is 11.6 Å². The fraction of sp³-hybridized carbons (Fsp3) is 0.231. The Labute approximate surface area is 124 Å². The highest BCUT2D eigenvalue weighted by atomic mass is 35.5. The molecule has 1 aromatic carbocycles. The second-order valence-electron chi connectivity index (χ2n) is 3.96. The summed E-state index contributed by atoms with van der Waals surface area (Å²) in [4.78, 5) is 14.8. The second kappa shape index (κ2) is 6.53. The molecule has 2 rings (SSSR count). The molecule has 0 spiro atoms. The van der Waals surface area contributed by atoms with E-state index in [1.54, 1.807) is 0 Å². The number of methoxy groups -OCH3 is 1. The molecule has 5 nitrogen and oxygen atoms in total. The number of imidazole rings is 1. The Balaban J connectivity index is 2.27. The van der Waals surface area contributed by atoms with Crippen molar-refractivity contribution >= 4 is 17.9 Å². The molecule has 21 heavy (non-hydrogen) atoms. The number of ether oxygens (including phenoxy) is 2. The first-order valence-electron chi connectivity index (χ1n) is 5.82. The molecule has 0 aliphatic heterocycles. The Bertz CT molecular complexity index is 646. The maximum absolute atomic E-state index is 12.7. The number of carbonyl (C=O) groups is 1. The van der Waals surface area contributed by atoms with Crippen molar-refractivity contribution in [3.63, 3.8) is 0 Å². The van der Waals surface area contributed by atoms with Crippen molar-refractivity contribution in [1.82, 2.24) is 9.55 Å². The zero-order chi connectivity index (χ0) is 15.4. The maximum Gasteiger partial charge on any atom is 0.320 e. The van der Waals surface area contributed by atoms with Gasteiger partial charge in [0, 0.05) is 23.5 Å². The van der Waals surface area contributed by atoms with Crippen molar-refractivity contribution in [2.24, 2.45) is 0 Å². The lowest BCUT2D eigenvalue weighted by atomic mass is 10.2. The third-order valence-electron chi connectivity index (χ3n) is 2.70. The molecule has 0 unspecified atom stereocenters. The van der Waals surface area contributed by atoms with E-state index in [-0.39, 0.29) is 29.5 Å². The Morgan fingerprint density at radius 3 is 2.86 bits per heavy atom. The van der Waals surface area contributed by atoms with E-state index in [0.717, 1.165) is 6.20 Å². The van der Waals surface area contributed by atoms with Crippen molar-refractivity contribution in [2.75, 3.05) is 7.11 Å². The first-order valence-corrected chi connectivity index (χ1v) is 6.20. The Hall–Kier alpha value is -2.15. The molecule has 0 radical (unpaired) electrons. The number of rotatable bonds is 6. The highest BCUT2D eigenvalue weighted by molar-refractivity contribution is 6.31. The van der Waals surface area contributed by atoms with Crippen LogP contribution < -0.4 is 9.47 Å². The van der Waals surface area contributed by atoms with Gasteiger partial charge in [0.25, 0.3) is 0 Å². The van der Waals surface area contributed by atoms with Gasteiger partial charge in [0.15, 0.2) is 23.6 Å². The van der Waals surface area contributed by atoms with Crippen molar-refractivity contribution in [2.45, 2.75) is 13.2 Å². The third kappa shape index (κ3) is 3.30.